The molecule has 0 aliphatic heterocycles. The molecule has 11 heteroatoms. The molecule has 2 aromatic rings. The van der Waals surface area contributed by atoms with E-state index in [4.69, 9.17) is 9.47 Å². The van der Waals surface area contributed by atoms with Gasteiger partial charge in [0.2, 0.25) is 0 Å². The van der Waals surface area contributed by atoms with Gasteiger partial charge in [-0.15, -0.1) is 0 Å². The molecule has 198 valence electrons. The maximum absolute atomic E-state index is 13.2. The normalized spacial score (nSPS) is 12.8. The first-order valence-electron chi connectivity index (χ1n) is 11.4. The number of carbonyl (C=O) groups is 2. The van der Waals surface area contributed by atoms with Gasteiger partial charge in [0, 0.05) is 19.0 Å². The molecular weight excluding hydrogens is 477 g/mol. The van der Waals surface area contributed by atoms with Crippen LogP contribution in [0, 0.1) is 0 Å². The minimum Gasteiger partial charge on any atom is -0.444 e. The molecule has 8 nitrogen and oxygen atoms in total. The number of hydrogen-bond acceptors (Lipinski definition) is 6. The molecule has 1 unspecified atom stereocenters. The van der Waals surface area contributed by atoms with E-state index < -0.39 is 42.5 Å². The zero-order chi connectivity index (χ0) is 27.1. The number of amides is 2. The van der Waals surface area contributed by atoms with Crippen LogP contribution in [0.3, 0.4) is 0 Å². The number of alkyl carbamates (subject to hydrolysis) is 1. The molecule has 2 rings (SSSR count). The highest BCUT2D eigenvalue weighted by atomic mass is 19.3. The molecule has 1 atom stereocenters. The lowest BCUT2D eigenvalue weighted by Gasteiger charge is -2.38. The molecule has 1 N–H and O–H groups in total. The Labute approximate surface area is 209 Å². The number of carbonyl (C=O) groups excluding carboxylic acids is 2. The van der Waals surface area contributed by atoms with Crippen LogP contribution in [0.1, 0.15) is 58.4 Å². The topological polar surface area (TPSA) is 93.7 Å². The second kappa shape index (κ2) is 12.2. The number of halogens is 3. The van der Waals surface area contributed by atoms with E-state index in [-0.39, 0.29) is 13.0 Å². The van der Waals surface area contributed by atoms with Crippen molar-refractivity contribution in [2.24, 2.45) is 0 Å². The minimum absolute atomic E-state index is 0.0152. The molecule has 0 spiro atoms. The van der Waals surface area contributed by atoms with E-state index in [0.717, 1.165) is 10.5 Å². The summed E-state index contributed by atoms with van der Waals surface area (Å²) in [6, 6.07) is 10.4. The Morgan fingerprint density at radius 1 is 1.03 bits per heavy atom. The molecule has 0 saturated carbocycles. The molecule has 0 saturated heterocycles. The Morgan fingerprint density at radius 2 is 1.67 bits per heavy atom. The van der Waals surface area contributed by atoms with Crippen LogP contribution >= 0.6 is 0 Å². The average molecular weight is 511 g/mol. The van der Waals surface area contributed by atoms with Gasteiger partial charge in [-0.25, -0.2) is 4.79 Å². The summed E-state index contributed by atoms with van der Waals surface area (Å²) in [7, 11) is 1.22. The number of benzene rings is 1. The lowest BCUT2D eigenvalue weighted by molar-refractivity contribution is -0.186. The Kier molecular flexibility index (Phi) is 9.80. The maximum atomic E-state index is 13.2. The van der Waals surface area contributed by atoms with Gasteiger partial charge in [-0.05, 0) is 52.3 Å². The number of nitrogens with zero attached hydrogens (tertiary/aromatic N) is 3. The minimum atomic E-state index is -3.17. The van der Waals surface area contributed by atoms with Crippen LogP contribution in [0.4, 0.5) is 18.0 Å². The highest BCUT2D eigenvalue weighted by Gasteiger charge is 2.35. The largest absolute Gasteiger partial charge is 0.444 e. The van der Waals surface area contributed by atoms with E-state index in [2.05, 4.69) is 15.5 Å². The Hall–Kier alpha value is -3.21. The molecular formula is C25H33F3N4O4. The molecule has 1 aromatic heterocycles. The fraction of sp³-hybridized carbons (Fsp3) is 0.520. The number of rotatable bonds is 10. The molecule has 0 bridgehead atoms. The van der Waals surface area contributed by atoms with Gasteiger partial charge >= 0.3 is 12.5 Å². The maximum Gasteiger partial charge on any atom is 0.407 e. The van der Waals surface area contributed by atoms with Gasteiger partial charge in [-0.3, -0.25) is 9.18 Å². The van der Waals surface area contributed by atoms with Crippen LogP contribution < -0.4 is 5.32 Å². The van der Waals surface area contributed by atoms with Crippen LogP contribution in [0.2, 0.25) is 0 Å². The van der Waals surface area contributed by atoms with Crippen molar-refractivity contribution in [2.75, 3.05) is 13.7 Å². The lowest BCUT2D eigenvalue weighted by Crippen LogP contribution is -2.49. The fourth-order valence-corrected chi connectivity index (χ4v) is 3.19. The number of hydrogen-bond donors (Lipinski definition) is 1. The molecule has 36 heavy (non-hydrogen) atoms. The fourth-order valence-electron chi connectivity index (χ4n) is 3.19. The van der Waals surface area contributed by atoms with E-state index in [1.54, 1.807) is 57.2 Å². The van der Waals surface area contributed by atoms with Crippen molar-refractivity contribution in [3.05, 3.63) is 47.7 Å². The van der Waals surface area contributed by atoms with Crippen LogP contribution in [0.25, 0.3) is 11.3 Å². The van der Waals surface area contributed by atoms with E-state index in [0.29, 0.717) is 17.0 Å². The van der Waals surface area contributed by atoms with Gasteiger partial charge < -0.3 is 19.7 Å². The Morgan fingerprint density at radius 3 is 2.17 bits per heavy atom. The Balaban J connectivity index is 2.08. The molecule has 1 heterocycles. The second-order valence-electron chi connectivity index (χ2n) is 9.62. The summed E-state index contributed by atoms with van der Waals surface area (Å²) in [5.41, 5.74) is 0.487. The zero-order valence-electron chi connectivity index (χ0n) is 21.3. The standard InChI is InChI=1S/C25H33F3N4O4/c1-24(2,3)36-23(34)29-15-18-11-12-19(31-30-18)16-7-9-17(10-8-16)20(13-14-26)35-25(4,5)32(6)22(33)21(27)28/h7-12,20-21H,13-15H2,1-6H3,(H,29,34). The predicted octanol–water partition coefficient (Wildman–Crippen LogP) is 5.05. The quantitative estimate of drug-likeness (QED) is 0.450. The predicted molar refractivity (Wildman–Crippen MR) is 128 cm³/mol. The molecule has 0 fully saturated rings. The van der Waals surface area contributed by atoms with Crippen molar-refractivity contribution in [3.8, 4) is 11.3 Å². The first-order valence-corrected chi connectivity index (χ1v) is 11.4. The molecule has 1 aromatic carbocycles. The third-order valence-electron chi connectivity index (χ3n) is 5.24. The van der Waals surface area contributed by atoms with Gasteiger partial charge in [-0.2, -0.15) is 19.0 Å². The number of nitrogens with one attached hydrogen (secondary N) is 1. The highest BCUT2D eigenvalue weighted by molar-refractivity contribution is 5.79. The van der Waals surface area contributed by atoms with E-state index in [1.807, 2.05) is 0 Å². The van der Waals surface area contributed by atoms with Crippen molar-refractivity contribution in [3.63, 3.8) is 0 Å². The summed E-state index contributed by atoms with van der Waals surface area (Å²) in [6.45, 7) is 7.72. The van der Waals surface area contributed by atoms with Crippen LogP contribution in [0.15, 0.2) is 36.4 Å². The molecule has 2 amide bonds. The first kappa shape index (κ1) is 29.0. The van der Waals surface area contributed by atoms with Crippen molar-refractivity contribution < 1.29 is 32.2 Å². The van der Waals surface area contributed by atoms with E-state index in [1.165, 1.54) is 20.9 Å². The molecule has 0 aliphatic rings. The Bertz CT molecular complexity index is 1010. The third kappa shape index (κ3) is 8.47. The average Bonchev–Trinajstić information content (AvgIpc) is 2.80. The summed E-state index contributed by atoms with van der Waals surface area (Å²) in [5.74, 6) is -1.38. The third-order valence-corrected chi connectivity index (χ3v) is 5.24. The van der Waals surface area contributed by atoms with Crippen LogP contribution in [-0.2, 0) is 20.8 Å². The molecule has 0 aliphatic carbocycles. The van der Waals surface area contributed by atoms with Crippen LogP contribution in [-0.4, -0.2) is 58.6 Å². The van der Waals surface area contributed by atoms with Crippen molar-refractivity contribution in [1.82, 2.24) is 20.4 Å². The summed E-state index contributed by atoms with van der Waals surface area (Å²) >= 11 is 0. The smallest absolute Gasteiger partial charge is 0.407 e. The number of aromatic nitrogens is 2. The number of alkyl halides is 3. The van der Waals surface area contributed by atoms with Crippen molar-refractivity contribution in [2.45, 2.75) is 71.4 Å². The van der Waals surface area contributed by atoms with E-state index >= 15 is 0 Å². The van der Waals surface area contributed by atoms with Crippen molar-refractivity contribution in [1.29, 1.82) is 0 Å². The number of ether oxygens (including phenoxy) is 2. The SMILES string of the molecule is CN(C(=O)C(F)F)C(C)(C)OC(CCF)c1ccc(-c2ccc(CNC(=O)OC(C)(C)C)nn2)cc1. The lowest BCUT2D eigenvalue weighted by atomic mass is 10.0. The molecule has 0 radical (unpaired) electrons. The van der Waals surface area contributed by atoms with Crippen LogP contribution in [0.5, 0.6) is 0 Å². The monoisotopic (exact) mass is 510 g/mol. The van der Waals surface area contributed by atoms with Gasteiger partial charge in [-0.1, -0.05) is 24.3 Å². The van der Waals surface area contributed by atoms with E-state index in [9.17, 15) is 22.8 Å². The van der Waals surface area contributed by atoms with Gasteiger partial charge in [0.15, 0.2) is 0 Å². The van der Waals surface area contributed by atoms with Gasteiger partial charge in [0.25, 0.3) is 5.91 Å². The summed E-state index contributed by atoms with van der Waals surface area (Å²) in [5, 5.41) is 10.9. The first-order chi connectivity index (χ1) is 16.7. The summed E-state index contributed by atoms with van der Waals surface area (Å²) in [4.78, 5) is 24.3. The highest BCUT2D eigenvalue weighted by Crippen LogP contribution is 2.31. The second-order valence-corrected chi connectivity index (χ2v) is 9.62. The summed E-state index contributed by atoms with van der Waals surface area (Å²) in [6.07, 6.45) is -4.50. The zero-order valence-corrected chi connectivity index (χ0v) is 21.3. The van der Waals surface area contributed by atoms with Crippen molar-refractivity contribution >= 4 is 12.0 Å². The summed E-state index contributed by atoms with van der Waals surface area (Å²) < 4.78 is 50.0. The van der Waals surface area contributed by atoms with Gasteiger partial charge in [0.1, 0.15) is 11.3 Å². The van der Waals surface area contributed by atoms with Gasteiger partial charge in [0.05, 0.1) is 30.7 Å².